The van der Waals surface area contributed by atoms with Crippen molar-refractivity contribution in [1.29, 1.82) is 0 Å². The quantitative estimate of drug-likeness (QED) is 0.156. The highest BCUT2D eigenvalue weighted by atomic mass is 35.5. The van der Waals surface area contributed by atoms with Crippen LogP contribution in [0.5, 0.6) is 0 Å². The highest BCUT2D eigenvalue weighted by molar-refractivity contribution is 6.30. The zero-order chi connectivity index (χ0) is 31.9. The van der Waals surface area contributed by atoms with Crippen LogP contribution in [-0.4, -0.2) is 23.9 Å². The van der Waals surface area contributed by atoms with Crippen LogP contribution >= 0.6 is 11.6 Å². The molecule has 230 valence electrons. The molecule has 0 radical (unpaired) electrons. The fourth-order valence-corrected chi connectivity index (χ4v) is 8.22. The molecule has 5 aromatic carbocycles. The Hall–Kier alpha value is -4.40. The van der Waals surface area contributed by atoms with Crippen LogP contribution in [0.1, 0.15) is 49.4 Å². The van der Waals surface area contributed by atoms with Crippen LogP contribution < -0.4 is 4.90 Å². The third kappa shape index (κ3) is 5.10. The molecule has 0 fully saturated rings. The molecule has 0 N–H and O–H groups in total. The average molecular weight is 622 g/mol. The molecule has 0 aromatic heterocycles. The van der Waals surface area contributed by atoms with E-state index in [1.165, 1.54) is 55.8 Å². The molecule has 0 amide bonds. The second kappa shape index (κ2) is 12.1. The third-order valence-electron chi connectivity index (χ3n) is 10.1. The van der Waals surface area contributed by atoms with E-state index in [0.29, 0.717) is 0 Å². The van der Waals surface area contributed by atoms with Crippen molar-refractivity contribution >= 4 is 39.5 Å². The summed E-state index contributed by atoms with van der Waals surface area (Å²) in [4.78, 5) is 2.49. The zero-order valence-corrected chi connectivity index (χ0v) is 28.1. The fraction of sp³-hybridized carbons (Fsp3) is 0.233. The van der Waals surface area contributed by atoms with E-state index in [4.69, 9.17) is 11.6 Å². The minimum absolute atomic E-state index is 0.156. The van der Waals surface area contributed by atoms with Crippen molar-refractivity contribution in [3.63, 3.8) is 0 Å². The number of benzene rings is 5. The minimum atomic E-state index is -0.270. The molecule has 7 rings (SSSR count). The third-order valence-corrected chi connectivity index (χ3v) is 10.3. The number of fused-ring (bicyclic) bond motifs is 4. The van der Waals surface area contributed by atoms with E-state index in [2.05, 4.69) is 165 Å². The topological polar surface area (TPSA) is 6.25 Å². The zero-order valence-electron chi connectivity index (χ0n) is 27.3. The number of rotatable bonds is 8. The van der Waals surface area contributed by atoms with Gasteiger partial charge in [0.1, 0.15) is 7.05 Å². The second-order valence-corrected chi connectivity index (χ2v) is 13.8. The Morgan fingerprint density at radius 3 is 2.11 bits per heavy atom. The van der Waals surface area contributed by atoms with Gasteiger partial charge in [0.05, 0.1) is 5.41 Å². The van der Waals surface area contributed by atoms with E-state index >= 15 is 0 Å². The van der Waals surface area contributed by atoms with Gasteiger partial charge in [0.15, 0.2) is 5.71 Å². The largest absolute Gasteiger partial charge is 0.344 e. The molecule has 0 saturated carbocycles. The molecule has 2 aliphatic heterocycles. The molecule has 0 atom stereocenters. The van der Waals surface area contributed by atoms with Crippen LogP contribution in [0, 0.1) is 0 Å². The van der Waals surface area contributed by atoms with Gasteiger partial charge in [-0.15, -0.1) is 0 Å². The summed E-state index contributed by atoms with van der Waals surface area (Å²) in [5.74, 6) is 0. The van der Waals surface area contributed by atoms with E-state index in [0.717, 1.165) is 30.8 Å². The predicted molar refractivity (Wildman–Crippen MR) is 196 cm³/mol. The van der Waals surface area contributed by atoms with Crippen molar-refractivity contribution < 1.29 is 4.58 Å². The molecular weight excluding hydrogens is 580 g/mol. The fourth-order valence-electron chi connectivity index (χ4n) is 8.04. The first kappa shape index (κ1) is 30.3. The summed E-state index contributed by atoms with van der Waals surface area (Å²) in [6.45, 7) is 7.87. The Kier molecular flexibility index (Phi) is 7.95. The number of halogens is 1. The van der Waals surface area contributed by atoms with Crippen LogP contribution in [0.2, 0.25) is 5.02 Å². The number of nitrogens with zero attached hydrogens (tertiary/aromatic N) is 2. The highest BCUT2D eigenvalue weighted by Crippen LogP contribution is 2.50. The molecular formula is C43H42ClN2+. The monoisotopic (exact) mass is 621 g/mol. The van der Waals surface area contributed by atoms with Crippen molar-refractivity contribution in [2.24, 2.45) is 0 Å². The number of hydrogen-bond acceptors (Lipinski definition) is 1. The Morgan fingerprint density at radius 2 is 1.43 bits per heavy atom. The lowest BCUT2D eigenvalue weighted by atomic mass is 9.67. The Labute approximate surface area is 279 Å². The normalized spacial score (nSPS) is 17.3. The first-order valence-electron chi connectivity index (χ1n) is 16.5. The molecule has 5 aromatic rings. The van der Waals surface area contributed by atoms with Crippen LogP contribution in [0.4, 0.5) is 11.4 Å². The van der Waals surface area contributed by atoms with Gasteiger partial charge in [-0.1, -0.05) is 123 Å². The lowest BCUT2D eigenvalue weighted by Gasteiger charge is -2.29. The minimum Gasteiger partial charge on any atom is -0.344 e. The van der Waals surface area contributed by atoms with Gasteiger partial charge in [0.25, 0.3) is 0 Å². The van der Waals surface area contributed by atoms with Crippen molar-refractivity contribution in [3.8, 4) is 0 Å². The predicted octanol–water partition coefficient (Wildman–Crippen LogP) is 10.6. The van der Waals surface area contributed by atoms with Gasteiger partial charge in [-0.3, -0.25) is 0 Å². The van der Waals surface area contributed by atoms with Gasteiger partial charge in [-0.05, 0) is 77.1 Å². The summed E-state index contributed by atoms with van der Waals surface area (Å²) >= 11 is 6.52. The average Bonchev–Trinajstić information content (AvgIpc) is 3.41. The molecule has 2 aliphatic rings. The maximum absolute atomic E-state index is 6.52. The van der Waals surface area contributed by atoms with Crippen LogP contribution in [0.15, 0.2) is 139 Å². The maximum atomic E-state index is 6.52. The van der Waals surface area contributed by atoms with Crippen molar-refractivity contribution in [2.45, 2.75) is 50.9 Å². The standard InChI is InChI=1S/C43H42ClN2/c1-5-27-46-37-26-24-34(44)28-36(37)42(2,3)39(46)21-14-22-40-43(29-31-15-8-6-9-16-31,30-32-17-10-7-11-18-32)41-35-20-13-12-19-33(35)23-25-38(41)45(40)4/h6-26,28H,5,27,29-30H2,1-4H3/q+1. The molecule has 0 saturated heterocycles. The molecule has 46 heavy (non-hydrogen) atoms. The summed E-state index contributed by atoms with van der Waals surface area (Å²) < 4.78 is 2.45. The van der Waals surface area contributed by atoms with Gasteiger partial charge in [-0.25, -0.2) is 0 Å². The molecule has 3 heteroatoms. The van der Waals surface area contributed by atoms with Gasteiger partial charge >= 0.3 is 0 Å². The summed E-state index contributed by atoms with van der Waals surface area (Å²) in [5, 5.41) is 3.41. The van der Waals surface area contributed by atoms with Gasteiger partial charge in [-0.2, -0.15) is 4.58 Å². The summed E-state index contributed by atoms with van der Waals surface area (Å²) in [7, 11) is 2.25. The number of hydrogen-bond donors (Lipinski definition) is 0. The maximum Gasteiger partial charge on any atom is 0.210 e. The Bertz CT molecular complexity index is 1960. The lowest BCUT2D eigenvalue weighted by Crippen LogP contribution is -2.39. The molecule has 0 bridgehead atoms. The SMILES string of the molecule is CCCN1/C(=C/C=C/C2=[N+](C)c3ccc4ccccc4c3C2(Cc2ccccc2)Cc2ccccc2)C(C)(C)c2cc(Cl)ccc21. The number of anilines is 1. The highest BCUT2D eigenvalue weighted by Gasteiger charge is 2.51. The van der Waals surface area contributed by atoms with E-state index in [1.807, 2.05) is 6.07 Å². The molecule has 0 unspecified atom stereocenters. The number of allylic oxidation sites excluding steroid dienone is 4. The lowest BCUT2D eigenvalue weighted by molar-refractivity contribution is -0.401. The van der Waals surface area contributed by atoms with Gasteiger partial charge in [0, 0.05) is 46.1 Å². The first-order valence-corrected chi connectivity index (χ1v) is 16.9. The van der Waals surface area contributed by atoms with Crippen LogP contribution in [0.25, 0.3) is 10.8 Å². The van der Waals surface area contributed by atoms with Crippen LogP contribution in [-0.2, 0) is 23.7 Å². The summed E-state index contributed by atoms with van der Waals surface area (Å²) in [6, 6.07) is 41.9. The van der Waals surface area contributed by atoms with Gasteiger partial charge < -0.3 is 4.90 Å². The van der Waals surface area contributed by atoms with Gasteiger partial charge in [0.2, 0.25) is 5.69 Å². The first-order chi connectivity index (χ1) is 22.3. The van der Waals surface area contributed by atoms with E-state index in [9.17, 15) is 0 Å². The second-order valence-electron chi connectivity index (χ2n) is 13.4. The van der Waals surface area contributed by atoms with Crippen molar-refractivity contribution in [2.75, 3.05) is 18.5 Å². The molecule has 2 nitrogen and oxygen atoms in total. The molecule has 0 aliphatic carbocycles. The van der Waals surface area contributed by atoms with Crippen LogP contribution in [0.3, 0.4) is 0 Å². The van der Waals surface area contributed by atoms with E-state index < -0.39 is 0 Å². The smallest absolute Gasteiger partial charge is 0.210 e. The Balaban J connectivity index is 1.42. The molecule has 2 heterocycles. The summed E-state index contributed by atoms with van der Waals surface area (Å²) in [5.41, 5.74) is 10.2. The molecule has 0 spiro atoms. The van der Waals surface area contributed by atoms with E-state index in [1.54, 1.807) is 0 Å². The summed E-state index contributed by atoms with van der Waals surface area (Å²) in [6.07, 6.45) is 9.92. The van der Waals surface area contributed by atoms with E-state index in [-0.39, 0.29) is 10.8 Å². The Morgan fingerprint density at radius 1 is 0.783 bits per heavy atom. The van der Waals surface area contributed by atoms with Crippen molar-refractivity contribution in [3.05, 3.63) is 166 Å². The van der Waals surface area contributed by atoms with Crippen molar-refractivity contribution in [1.82, 2.24) is 0 Å².